The van der Waals surface area contributed by atoms with Gasteiger partial charge in [0.05, 0.1) is 5.75 Å². The van der Waals surface area contributed by atoms with Crippen LogP contribution in [-0.4, -0.2) is 35.9 Å². The number of para-hydroxylation sites is 1. The number of anilines is 1. The fraction of sp³-hybridized carbons (Fsp3) is 0.240. The summed E-state index contributed by atoms with van der Waals surface area (Å²) in [5.74, 6) is 0.125. The van der Waals surface area contributed by atoms with Gasteiger partial charge in [-0.1, -0.05) is 74.1 Å². The van der Waals surface area contributed by atoms with Crippen LogP contribution in [0.4, 0.5) is 5.82 Å². The third-order valence-corrected chi connectivity index (χ3v) is 6.25. The van der Waals surface area contributed by atoms with E-state index < -0.39 is 17.0 Å². The van der Waals surface area contributed by atoms with Crippen LogP contribution < -0.4 is 17.0 Å². The quantitative estimate of drug-likeness (QED) is 0.273. The van der Waals surface area contributed by atoms with Crippen LogP contribution in [0.25, 0.3) is 5.69 Å². The molecule has 0 amide bonds. The standard InChI is InChI=1S/C25H26N6O3S/c1-16(2)14-30-22(26)21(23(33)27-24(30)34)19(32)15-35-25-29-28-20(13-17-9-5-3-6-10-17)31(25)18-11-7-4-8-12-18/h3-12,16H,13-15,26H2,1-2H3,(H,27,33,34). The highest BCUT2D eigenvalue weighted by Crippen LogP contribution is 2.24. The van der Waals surface area contributed by atoms with E-state index in [-0.39, 0.29) is 23.1 Å². The lowest BCUT2D eigenvalue weighted by molar-refractivity contribution is 0.102. The Hall–Kier alpha value is -3.92. The number of hydrogen-bond acceptors (Lipinski definition) is 7. The van der Waals surface area contributed by atoms with Crippen LogP contribution in [0, 0.1) is 5.92 Å². The van der Waals surface area contributed by atoms with Crippen LogP contribution in [0.5, 0.6) is 0 Å². The second-order valence-corrected chi connectivity index (χ2v) is 9.41. The first-order chi connectivity index (χ1) is 16.8. The maximum Gasteiger partial charge on any atom is 0.329 e. The van der Waals surface area contributed by atoms with Gasteiger partial charge in [-0.2, -0.15) is 0 Å². The predicted octanol–water partition coefficient (Wildman–Crippen LogP) is 2.92. The van der Waals surface area contributed by atoms with E-state index in [4.69, 9.17) is 5.73 Å². The van der Waals surface area contributed by atoms with Crippen LogP contribution in [0.15, 0.2) is 75.4 Å². The SMILES string of the molecule is CC(C)Cn1c(N)c(C(=O)CSc2nnc(Cc3ccccc3)n2-c2ccccc2)c(=O)[nH]c1=O. The number of carbonyl (C=O) groups is 1. The molecular formula is C25H26N6O3S. The molecule has 9 nitrogen and oxygen atoms in total. The molecule has 0 aliphatic heterocycles. The lowest BCUT2D eigenvalue weighted by Crippen LogP contribution is -2.37. The number of nitrogen functional groups attached to an aromatic ring is 1. The van der Waals surface area contributed by atoms with Crippen molar-refractivity contribution < 1.29 is 4.79 Å². The third-order valence-electron chi connectivity index (χ3n) is 5.32. The van der Waals surface area contributed by atoms with Gasteiger partial charge in [-0.05, 0) is 23.6 Å². The Bertz CT molecular complexity index is 1440. The number of nitrogens with one attached hydrogen (secondary N) is 1. The summed E-state index contributed by atoms with van der Waals surface area (Å²) in [5, 5.41) is 9.21. The number of ketones is 1. The summed E-state index contributed by atoms with van der Waals surface area (Å²) in [6.45, 7) is 4.12. The topological polar surface area (TPSA) is 129 Å². The molecule has 0 atom stereocenters. The van der Waals surface area contributed by atoms with Gasteiger partial charge in [-0.15, -0.1) is 10.2 Å². The molecule has 0 unspecified atom stereocenters. The minimum absolute atomic E-state index is 0.0938. The Labute approximate surface area is 206 Å². The van der Waals surface area contributed by atoms with Crippen molar-refractivity contribution in [3.63, 3.8) is 0 Å². The number of benzene rings is 2. The van der Waals surface area contributed by atoms with Crippen molar-refractivity contribution in [1.82, 2.24) is 24.3 Å². The predicted molar refractivity (Wildman–Crippen MR) is 136 cm³/mol. The molecule has 2 aromatic carbocycles. The van der Waals surface area contributed by atoms with Gasteiger partial charge in [0.15, 0.2) is 10.9 Å². The van der Waals surface area contributed by atoms with Crippen LogP contribution in [0.1, 0.15) is 35.6 Å². The lowest BCUT2D eigenvalue weighted by atomic mass is 10.1. The van der Waals surface area contributed by atoms with E-state index in [0.29, 0.717) is 18.1 Å². The summed E-state index contributed by atoms with van der Waals surface area (Å²) in [4.78, 5) is 39.9. The van der Waals surface area contributed by atoms with E-state index in [1.54, 1.807) is 0 Å². The van der Waals surface area contributed by atoms with Gasteiger partial charge < -0.3 is 5.73 Å². The minimum atomic E-state index is -0.785. The molecule has 0 fully saturated rings. The van der Waals surface area contributed by atoms with Crippen molar-refractivity contribution in [1.29, 1.82) is 0 Å². The van der Waals surface area contributed by atoms with E-state index in [1.807, 2.05) is 79.1 Å². The number of nitrogens with two attached hydrogens (primary N) is 1. The van der Waals surface area contributed by atoms with Gasteiger partial charge in [0.2, 0.25) is 0 Å². The summed E-state index contributed by atoms with van der Waals surface area (Å²) in [7, 11) is 0. The van der Waals surface area contributed by atoms with Crippen molar-refractivity contribution in [2.45, 2.75) is 32.0 Å². The van der Waals surface area contributed by atoms with E-state index in [1.165, 1.54) is 4.57 Å². The van der Waals surface area contributed by atoms with Crippen LogP contribution in [-0.2, 0) is 13.0 Å². The molecule has 4 rings (SSSR count). The smallest absolute Gasteiger partial charge is 0.329 e. The molecule has 0 radical (unpaired) electrons. The molecule has 0 spiro atoms. The summed E-state index contributed by atoms with van der Waals surface area (Å²) in [6, 6.07) is 19.5. The number of carbonyl (C=O) groups excluding carboxylic acids is 1. The Balaban J connectivity index is 1.64. The molecule has 0 saturated heterocycles. The fourth-order valence-corrected chi connectivity index (χ4v) is 4.57. The Kier molecular flexibility index (Phi) is 7.31. The lowest BCUT2D eigenvalue weighted by Gasteiger charge is -2.14. The molecule has 3 N–H and O–H groups in total. The summed E-state index contributed by atoms with van der Waals surface area (Å²) >= 11 is 1.16. The molecule has 0 aliphatic rings. The number of hydrogen-bond donors (Lipinski definition) is 2. The van der Waals surface area contributed by atoms with E-state index in [0.717, 1.165) is 28.8 Å². The maximum atomic E-state index is 13.1. The average molecular weight is 491 g/mol. The molecule has 35 heavy (non-hydrogen) atoms. The van der Waals surface area contributed by atoms with Crippen molar-refractivity contribution in [3.05, 3.63) is 98.5 Å². The second kappa shape index (κ2) is 10.6. The number of thioether (sulfide) groups is 1. The zero-order valence-electron chi connectivity index (χ0n) is 19.5. The molecule has 2 heterocycles. The number of H-pyrrole nitrogens is 1. The van der Waals surface area contributed by atoms with Gasteiger partial charge in [0.1, 0.15) is 17.2 Å². The summed E-state index contributed by atoms with van der Waals surface area (Å²) in [5.41, 5.74) is 6.41. The fourth-order valence-electron chi connectivity index (χ4n) is 3.73. The number of aromatic nitrogens is 5. The van der Waals surface area contributed by atoms with Crippen molar-refractivity contribution >= 4 is 23.4 Å². The first-order valence-electron chi connectivity index (χ1n) is 11.2. The highest BCUT2D eigenvalue weighted by Gasteiger charge is 2.22. The van der Waals surface area contributed by atoms with Crippen LogP contribution in [0.3, 0.4) is 0 Å². The molecule has 0 saturated carbocycles. The number of aromatic amines is 1. The van der Waals surface area contributed by atoms with E-state index in [2.05, 4.69) is 15.2 Å². The first kappa shape index (κ1) is 24.2. The zero-order chi connectivity index (χ0) is 24.9. The summed E-state index contributed by atoms with van der Waals surface area (Å²) < 4.78 is 3.13. The van der Waals surface area contributed by atoms with Gasteiger partial charge >= 0.3 is 5.69 Å². The molecular weight excluding hydrogens is 464 g/mol. The Morgan fingerprint density at radius 3 is 2.34 bits per heavy atom. The molecule has 10 heteroatoms. The van der Waals surface area contributed by atoms with Crippen molar-refractivity contribution in [2.24, 2.45) is 5.92 Å². The third kappa shape index (κ3) is 5.43. The highest BCUT2D eigenvalue weighted by atomic mass is 32.2. The van der Waals surface area contributed by atoms with Gasteiger partial charge in [0, 0.05) is 18.7 Å². The largest absolute Gasteiger partial charge is 0.384 e. The second-order valence-electron chi connectivity index (χ2n) is 8.47. The number of Topliss-reactive ketones (excluding diaryl/α,β-unsaturated/α-hetero) is 1. The van der Waals surface area contributed by atoms with Gasteiger partial charge in [-0.3, -0.25) is 23.7 Å². The molecule has 0 aliphatic carbocycles. The van der Waals surface area contributed by atoms with Crippen LogP contribution in [0.2, 0.25) is 0 Å². The molecule has 180 valence electrons. The maximum absolute atomic E-state index is 13.1. The Morgan fingerprint density at radius 2 is 1.69 bits per heavy atom. The number of rotatable bonds is 9. The van der Waals surface area contributed by atoms with Gasteiger partial charge in [0.25, 0.3) is 5.56 Å². The van der Waals surface area contributed by atoms with E-state index >= 15 is 0 Å². The van der Waals surface area contributed by atoms with Crippen molar-refractivity contribution in [2.75, 3.05) is 11.5 Å². The van der Waals surface area contributed by atoms with Gasteiger partial charge in [-0.25, -0.2) is 4.79 Å². The average Bonchev–Trinajstić information content (AvgIpc) is 3.23. The zero-order valence-corrected chi connectivity index (χ0v) is 20.3. The van der Waals surface area contributed by atoms with Crippen molar-refractivity contribution in [3.8, 4) is 5.69 Å². The molecule has 4 aromatic rings. The molecule has 0 bridgehead atoms. The Morgan fingerprint density at radius 1 is 1.03 bits per heavy atom. The highest BCUT2D eigenvalue weighted by molar-refractivity contribution is 7.99. The van der Waals surface area contributed by atoms with Crippen LogP contribution >= 0.6 is 11.8 Å². The summed E-state index contributed by atoms with van der Waals surface area (Å²) in [6.07, 6.45) is 0.560. The normalized spacial score (nSPS) is 11.2. The molecule has 2 aromatic heterocycles. The first-order valence-corrected chi connectivity index (χ1v) is 12.2. The van der Waals surface area contributed by atoms with E-state index in [9.17, 15) is 14.4 Å². The monoisotopic (exact) mass is 490 g/mol. The minimum Gasteiger partial charge on any atom is -0.384 e. The number of nitrogens with zero attached hydrogens (tertiary/aromatic N) is 4.